The zero-order chi connectivity index (χ0) is 10.7. The van der Waals surface area contributed by atoms with Gasteiger partial charge in [0.05, 0.1) is 13.1 Å². The number of hydrogen-bond acceptors (Lipinski definition) is 1. The van der Waals surface area contributed by atoms with Gasteiger partial charge in [0.1, 0.15) is 12.3 Å². The highest BCUT2D eigenvalue weighted by Crippen LogP contribution is 2.25. The minimum Gasteiger partial charge on any atom is -0.320 e. The van der Waals surface area contributed by atoms with Crippen LogP contribution < -0.4 is 10.6 Å². The second kappa shape index (κ2) is 5.26. The second-order valence-electron chi connectivity index (χ2n) is 5.33. The van der Waals surface area contributed by atoms with E-state index in [2.05, 4.69) is 0 Å². The van der Waals surface area contributed by atoms with Crippen LogP contribution in [0.3, 0.4) is 0 Å². The van der Waals surface area contributed by atoms with E-state index in [4.69, 9.17) is 5.73 Å². The third-order valence-corrected chi connectivity index (χ3v) is 4.11. The third kappa shape index (κ3) is 3.15. The van der Waals surface area contributed by atoms with Gasteiger partial charge in [-0.15, -0.1) is 0 Å². The van der Waals surface area contributed by atoms with E-state index in [0.717, 1.165) is 31.6 Å². The largest absolute Gasteiger partial charge is 0.320 e. The number of nitrogens with two attached hydrogens (primary N) is 1. The maximum absolute atomic E-state index is 13.0. The number of alkyl halides is 1. The first-order valence-electron chi connectivity index (χ1n) is 6.50. The van der Waals surface area contributed by atoms with E-state index in [1.165, 1.54) is 32.4 Å². The summed E-state index contributed by atoms with van der Waals surface area (Å²) in [7, 11) is 0. The molecule has 2 rings (SSSR count). The maximum Gasteiger partial charge on any atom is 0.138 e. The molecule has 1 aliphatic carbocycles. The number of quaternary nitrogens is 1. The van der Waals surface area contributed by atoms with Crippen LogP contribution in [0.25, 0.3) is 0 Å². The number of piperidine rings is 1. The van der Waals surface area contributed by atoms with Crippen LogP contribution in [0.5, 0.6) is 0 Å². The fourth-order valence-electron chi connectivity index (χ4n) is 3.06. The Morgan fingerprint density at radius 2 is 1.80 bits per heavy atom. The van der Waals surface area contributed by atoms with Crippen LogP contribution in [-0.4, -0.2) is 25.4 Å². The van der Waals surface area contributed by atoms with Crippen molar-refractivity contribution in [3.05, 3.63) is 0 Å². The van der Waals surface area contributed by atoms with Gasteiger partial charge >= 0.3 is 0 Å². The monoisotopic (exact) mass is 215 g/mol. The third-order valence-electron chi connectivity index (χ3n) is 4.11. The van der Waals surface area contributed by atoms with Gasteiger partial charge in [-0.1, -0.05) is 0 Å². The van der Waals surface area contributed by atoms with Gasteiger partial charge in [0.25, 0.3) is 0 Å². The summed E-state index contributed by atoms with van der Waals surface area (Å²) in [5.74, 6) is 0.733. The van der Waals surface area contributed by atoms with E-state index >= 15 is 0 Å². The lowest BCUT2D eigenvalue weighted by atomic mass is 9.87. The first-order valence-corrected chi connectivity index (χ1v) is 6.50. The van der Waals surface area contributed by atoms with Crippen LogP contribution in [0.15, 0.2) is 0 Å². The number of hydrogen-bond donors (Lipinski definition) is 2. The average Bonchev–Trinajstić information content (AvgIpc) is 2.25. The summed E-state index contributed by atoms with van der Waals surface area (Å²) in [5, 5.41) is 0. The van der Waals surface area contributed by atoms with E-state index in [-0.39, 0.29) is 0 Å². The van der Waals surface area contributed by atoms with E-state index in [1.54, 1.807) is 4.90 Å². The number of likely N-dealkylation sites (tertiary alicyclic amines) is 1. The van der Waals surface area contributed by atoms with Crippen molar-refractivity contribution in [2.45, 2.75) is 57.3 Å². The average molecular weight is 215 g/mol. The van der Waals surface area contributed by atoms with E-state index in [9.17, 15) is 4.39 Å². The van der Waals surface area contributed by atoms with Crippen LogP contribution in [0.4, 0.5) is 4.39 Å². The lowest BCUT2D eigenvalue weighted by molar-refractivity contribution is -0.933. The van der Waals surface area contributed by atoms with Crippen molar-refractivity contribution in [1.82, 2.24) is 0 Å². The lowest BCUT2D eigenvalue weighted by Crippen LogP contribution is -3.18. The van der Waals surface area contributed by atoms with Gasteiger partial charge in [0.2, 0.25) is 0 Å². The van der Waals surface area contributed by atoms with Crippen LogP contribution in [0, 0.1) is 5.92 Å². The smallest absolute Gasteiger partial charge is 0.138 e. The van der Waals surface area contributed by atoms with Gasteiger partial charge in [-0.3, -0.25) is 5.73 Å². The number of rotatable bonds is 2. The Morgan fingerprint density at radius 1 is 1.07 bits per heavy atom. The summed E-state index contributed by atoms with van der Waals surface area (Å²) < 4.78 is 13.0. The molecule has 2 atom stereocenters. The molecule has 0 radical (unpaired) electrons. The van der Waals surface area contributed by atoms with Crippen molar-refractivity contribution in [3.63, 3.8) is 0 Å². The Balaban J connectivity index is 1.75. The highest BCUT2D eigenvalue weighted by Gasteiger charge is 2.28. The SMILES string of the molecule is NC1CCCC[NH+]1CC1CCC(F)CC1. The van der Waals surface area contributed by atoms with E-state index in [0.29, 0.717) is 6.17 Å². The molecule has 0 amide bonds. The topological polar surface area (TPSA) is 30.5 Å². The molecule has 1 saturated heterocycles. The summed E-state index contributed by atoms with van der Waals surface area (Å²) in [6.07, 6.45) is 7.35. The highest BCUT2D eigenvalue weighted by atomic mass is 19.1. The van der Waals surface area contributed by atoms with Crippen molar-refractivity contribution in [1.29, 1.82) is 0 Å². The van der Waals surface area contributed by atoms with Crippen LogP contribution in [-0.2, 0) is 0 Å². The summed E-state index contributed by atoms with van der Waals surface area (Å²) >= 11 is 0. The molecule has 0 aromatic carbocycles. The molecule has 1 aliphatic heterocycles. The summed E-state index contributed by atoms with van der Waals surface area (Å²) in [4.78, 5) is 1.57. The molecule has 3 heteroatoms. The van der Waals surface area contributed by atoms with E-state index in [1.807, 2.05) is 0 Å². The predicted molar refractivity (Wildman–Crippen MR) is 59.4 cm³/mol. The molecular formula is C12H24FN2+. The molecule has 0 aromatic rings. The minimum absolute atomic E-state index is 0.349. The molecule has 2 fully saturated rings. The number of halogens is 1. The second-order valence-corrected chi connectivity index (χ2v) is 5.33. The Kier molecular flexibility index (Phi) is 3.98. The molecule has 2 unspecified atom stereocenters. The van der Waals surface area contributed by atoms with Gasteiger partial charge in [-0.25, -0.2) is 4.39 Å². The zero-order valence-corrected chi connectivity index (χ0v) is 9.55. The molecule has 2 aliphatic rings. The van der Waals surface area contributed by atoms with Gasteiger partial charge in [-0.05, 0) is 38.5 Å². The van der Waals surface area contributed by atoms with Crippen molar-refractivity contribution in [3.8, 4) is 0 Å². The highest BCUT2D eigenvalue weighted by molar-refractivity contribution is 4.71. The first kappa shape index (κ1) is 11.3. The van der Waals surface area contributed by atoms with Crippen molar-refractivity contribution >= 4 is 0 Å². The van der Waals surface area contributed by atoms with Crippen molar-refractivity contribution in [2.24, 2.45) is 11.7 Å². The predicted octanol–water partition coefficient (Wildman–Crippen LogP) is 0.868. The minimum atomic E-state index is -0.522. The number of nitrogens with one attached hydrogen (secondary N) is 1. The Morgan fingerprint density at radius 3 is 2.47 bits per heavy atom. The van der Waals surface area contributed by atoms with Crippen LogP contribution in [0.2, 0.25) is 0 Å². The van der Waals surface area contributed by atoms with Crippen LogP contribution >= 0.6 is 0 Å². The summed E-state index contributed by atoms with van der Waals surface area (Å²) in [6, 6.07) is 0. The van der Waals surface area contributed by atoms with Crippen LogP contribution in [0.1, 0.15) is 44.9 Å². The van der Waals surface area contributed by atoms with E-state index < -0.39 is 6.17 Å². The molecule has 1 heterocycles. The molecule has 0 spiro atoms. The molecule has 1 saturated carbocycles. The molecule has 2 nitrogen and oxygen atoms in total. The van der Waals surface area contributed by atoms with Gasteiger partial charge in [0.15, 0.2) is 0 Å². The standard InChI is InChI=1S/C12H23FN2/c13-11-6-4-10(5-7-11)9-15-8-2-1-3-12(15)14/h10-12H,1-9,14H2/p+1. The Labute approximate surface area is 92.0 Å². The van der Waals surface area contributed by atoms with Gasteiger partial charge in [0, 0.05) is 12.3 Å². The molecular weight excluding hydrogens is 191 g/mol. The molecule has 0 bridgehead atoms. The Hall–Kier alpha value is -0.150. The fraction of sp³-hybridized carbons (Fsp3) is 1.00. The van der Waals surface area contributed by atoms with Crippen molar-refractivity contribution in [2.75, 3.05) is 13.1 Å². The maximum atomic E-state index is 13.0. The lowest BCUT2D eigenvalue weighted by Gasteiger charge is -2.34. The van der Waals surface area contributed by atoms with Crippen molar-refractivity contribution < 1.29 is 9.29 Å². The summed E-state index contributed by atoms with van der Waals surface area (Å²) in [5.41, 5.74) is 6.11. The Bertz CT molecular complexity index is 190. The van der Waals surface area contributed by atoms with Gasteiger partial charge in [-0.2, -0.15) is 0 Å². The normalized spacial score (nSPS) is 42.8. The summed E-state index contributed by atoms with van der Waals surface area (Å²) in [6.45, 7) is 2.42. The molecule has 0 aromatic heterocycles. The quantitative estimate of drug-likeness (QED) is 0.703. The zero-order valence-electron chi connectivity index (χ0n) is 9.55. The molecule has 15 heavy (non-hydrogen) atoms. The fourth-order valence-corrected chi connectivity index (χ4v) is 3.06. The first-order chi connectivity index (χ1) is 7.25. The van der Waals surface area contributed by atoms with Gasteiger partial charge < -0.3 is 4.90 Å². The molecule has 3 N–H and O–H groups in total. The molecule has 88 valence electrons.